The molecule has 0 bridgehead atoms. The highest BCUT2D eigenvalue weighted by molar-refractivity contribution is 6.30. The highest BCUT2D eigenvalue weighted by Crippen LogP contribution is 2.36. The second kappa shape index (κ2) is 7.82. The van der Waals surface area contributed by atoms with Crippen LogP contribution in [0.3, 0.4) is 0 Å². The number of pyridine rings is 1. The van der Waals surface area contributed by atoms with Gasteiger partial charge in [0, 0.05) is 17.3 Å². The minimum atomic E-state index is -4.88. The van der Waals surface area contributed by atoms with Gasteiger partial charge in [-0.2, -0.15) is 0 Å². The maximum atomic E-state index is 12.5. The predicted octanol–water partition coefficient (Wildman–Crippen LogP) is 6.87. The van der Waals surface area contributed by atoms with Gasteiger partial charge >= 0.3 is 12.7 Å². The molecule has 1 aromatic heterocycles. The monoisotopic (exact) mass is 433 g/mol. The molecular formula is C19H10ClF6NO2. The second-order valence-corrected chi connectivity index (χ2v) is 6.14. The fraction of sp³-hybridized carbons (Fsp3) is 0.105. The number of ether oxygens (including phenoxy) is 2. The van der Waals surface area contributed by atoms with Crippen LogP contribution in [0.25, 0.3) is 22.4 Å². The van der Waals surface area contributed by atoms with Gasteiger partial charge in [0.1, 0.15) is 11.5 Å². The van der Waals surface area contributed by atoms with Crippen LogP contribution in [0.1, 0.15) is 0 Å². The summed E-state index contributed by atoms with van der Waals surface area (Å²) in [5, 5.41) is 0.189. The van der Waals surface area contributed by atoms with Gasteiger partial charge in [-0.05, 0) is 35.9 Å². The van der Waals surface area contributed by atoms with Crippen molar-refractivity contribution < 1.29 is 35.8 Å². The van der Waals surface area contributed by atoms with Gasteiger partial charge in [0.05, 0.1) is 10.7 Å². The van der Waals surface area contributed by atoms with E-state index in [1.54, 1.807) is 0 Å². The smallest absolute Gasteiger partial charge is 0.406 e. The molecule has 29 heavy (non-hydrogen) atoms. The molecule has 0 radical (unpaired) electrons. The molecule has 1 heterocycles. The number of rotatable bonds is 4. The van der Waals surface area contributed by atoms with E-state index in [0.29, 0.717) is 5.56 Å². The van der Waals surface area contributed by atoms with Crippen molar-refractivity contribution in [1.82, 2.24) is 4.98 Å². The second-order valence-electron chi connectivity index (χ2n) is 5.70. The molecular weight excluding hydrogens is 424 g/mol. The Hall–Kier alpha value is -2.94. The number of aromatic nitrogens is 1. The topological polar surface area (TPSA) is 31.4 Å². The maximum Gasteiger partial charge on any atom is 0.573 e. The van der Waals surface area contributed by atoms with E-state index in [9.17, 15) is 26.3 Å². The van der Waals surface area contributed by atoms with Crippen molar-refractivity contribution in [3.8, 4) is 33.9 Å². The van der Waals surface area contributed by atoms with Gasteiger partial charge in [-0.25, -0.2) is 0 Å². The Morgan fingerprint density at radius 3 is 1.79 bits per heavy atom. The van der Waals surface area contributed by atoms with Crippen LogP contribution >= 0.6 is 11.6 Å². The molecule has 0 N–H and O–H groups in total. The lowest BCUT2D eigenvalue weighted by Crippen LogP contribution is -2.17. The van der Waals surface area contributed by atoms with E-state index in [0.717, 1.165) is 24.3 Å². The SMILES string of the molecule is FC(F)(F)Oc1cccc(-c2cc(Cl)cnc2-c2cccc(OC(F)(F)F)c2)c1. The molecule has 0 spiro atoms. The summed E-state index contributed by atoms with van der Waals surface area (Å²) in [5.41, 5.74) is 1.03. The molecule has 3 aromatic rings. The summed E-state index contributed by atoms with van der Waals surface area (Å²) in [4.78, 5) is 4.13. The third-order valence-electron chi connectivity index (χ3n) is 3.57. The molecule has 10 heteroatoms. The average molecular weight is 434 g/mol. The van der Waals surface area contributed by atoms with Crippen LogP contribution in [0.15, 0.2) is 60.8 Å². The summed E-state index contributed by atoms with van der Waals surface area (Å²) in [6, 6.07) is 11.6. The minimum absolute atomic E-state index is 0.189. The molecule has 0 aliphatic rings. The van der Waals surface area contributed by atoms with E-state index in [-0.39, 0.29) is 21.8 Å². The van der Waals surface area contributed by atoms with E-state index >= 15 is 0 Å². The molecule has 0 saturated heterocycles. The van der Waals surface area contributed by atoms with Crippen molar-refractivity contribution in [3.63, 3.8) is 0 Å². The van der Waals surface area contributed by atoms with Gasteiger partial charge in [0.25, 0.3) is 0 Å². The third kappa shape index (κ3) is 5.77. The number of benzene rings is 2. The van der Waals surface area contributed by atoms with Crippen LogP contribution in [-0.2, 0) is 0 Å². The summed E-state index contributed by atoms with van der Waals surface area (Å²) in [5.74, 6) is -0.929. The Labute approximate surface area is 165 Å². The Morgan fingerprint density at radius 2 is 1.24 bits per heavy atom. The zero-order valence-electron chi connectivity index (χ0n) is 14.2. The lowest BCUT2D eigenvalue weighted by atomic mass is 9.99. The van der Waals surface area contributed by atoms with Crippen molar-refractivity contribution >= 4 is 11.6 Å². The molecule has 0 fully saturated rings. The van der Waals surface area contributed by atoms with Gasteiger partial charge in [0.15, 0.2) is 0 Å². The zero-order chi connectivity index (χ0) is 21.2. The standard InChI is InChI=1S/C19H10ClF6NO2/c20-13-9-16(11-3-1-5-14(7-11)28-18(21,22)23)17(27-10-13)12-4-2-6-15(8-12)29-19(24,25)26/h1-10H. The van der Waals surface area contributed by atoms with Crippen LogP contribution in [0.2, 0.25) is 5.02 Å². The van der Waals surface area contributed by atoms with Gasteiger partial charge < -0.3 is 9.47 Å². The third-order valence-corrected chi connectivity index (χ3v) is 3.78. The van der Waals surface area contributed by atoms with Gasteiger partial charge in [-0.3, -0.25) is 4.98 Å². The number of hydrogen-bond acceptors (Lipinski definition) is 3. The Balaban J connectivity index is 2.06. The summed E-state index contributed by atoms with van der Waals surface area (Å²) >= 11 is 5.97. The lowest BCUT2D eigenvalue weighted by molar-refractivity contribution is -0.275. The minimum Gasteiger partial charge on any atom is -0.406 e. The Morgan fingerprint density at radius 1 is 0.724 bits per heavy atom. The summed E-state index contributed by atoms with van der Waals surface area (Å²) in [7, 11) is 0. The molecule has 0 saturated carbocycles. The molecule has 0 unspecified atom stereocenters. The summed E-state index contributed by atoms with van der Waals surface area (Å²) < 4.78 is 82.8. The van der Waals surface area contributed by atoms with Crippen LogP contribution in [0.5, 0.6) is 11.5 Å². The molecule has 0 aliphatic carbocycles. The number of nitrogens with zero attached hydrogens (tertiary/aromatic N) is 1. The average Bonchev–Trinajstić information content (AvgIpc) is 2.59. The molecule has 3 nitrogen and oxygen atoms in total. The first-order valence-corrected chi connectivity index (χ1v) is 8.26. The molecule has 0 atom stereocenters. The van der Waals surface area contributed by atoms with Gasteiger partial charge in [-0.15, -0.1) is 26.3 Å². The predicted molar refractivity (Wildman–Crippen MR) is 93.5 cm³/mol. The molecule has 0 amide bonds. The summed E-state index contributed by atoms with van der Waals surface area (Å²) in [6.07, 6.45) is -8.48. The van der Waals surface area contributed by atoms with Crippen LogP contribution < -0.4 is 9.47 Å². The number of alkyl halides is 6. The van der Waals surface area contributed by atoms with E-state index < -0.39 is 24.2 Å². The number of halogens is 7. The first-order valence-electron chi connectivity index (χ1n) is 7.88. The lowest BCUT2D eigenvalue weighted by Gasteiger charge is -2.14. The van der Waals surface area contributed by atoms with Crippen molar-refractivity contribution in [2.24, 2.45) is 0 Å². The van der Waals surface area contributed by atoms with Gasteiger partial charge in [-0.1, -0.05) is 35.9 Å². The quantitative estimate of drug-likeness (QED) is 0.421. The van der Waals surface area contributed by atoms with Crippen LogP contribution in [-0.4, -0.2) is 17.7 Å². The van der Waals surface area contributed by atoms with E-state index in [4.69, 9.17) is 11.6 Å². The number of hydrogen-bond donors (Lipinski definition) is 0. The van der Waals surface area contributed by atoms with Crippen molar-refractivity contribution in [1.29, 1.82) is 0 Å². The first kappa shape index (κ1) is 20.8. The fourth-order valence-electron chi connectivity index (χ4n) is 2.59. The van der Waals surface area contributed by atoms with E-state index in [2.05, 4.69) is 14.5 Å². The van der Waals surface area contributed by atoms with Crippen LogP contribution in [0, 0.1) is 0 Å². The Kier molecular flexibility index (Phi) is 5.61. The highest BCUT2D eigenvalue weighted by Gasteiger charge is 2.32. The van der Waals surface area contributed by atoms with Crippen molar-refractivity contribution in [3.05, 3.63) is 65.8 Å². The normalized spacial score (nSPS) is 12.0. The van der Waals surface area contributed by atoms with E-state index in [1.807, 2.05) is 0 Å². The Bertz CT molecular complexity index is 1020. The van der Waals surface area contributed by atoms with E-state index in [1.165, 1.54) is 36.5 Å². The van der Waals surface area contributed by atoms with Crippen molar-refractivity contribution in [2.45, 2.75) is 12.7 Å². The summed E-state index contributed by atoms with van der Waals surface area (Å²) in [6.45, 7) is 0. The molecule has 152 valence electrons. The highest BCUT2D eigenvalue weighted by atomic mass is 35.5. The molecule has 0 aliphatic heterocycles. The van der Waals surface area contributed by atoms with Gasteiger partial charge in [0.2, 0.25) is 0 Å². The van der Waals surface area contributed by atoms with Crippen molar-refractivity contribution in [2.75, 3.05) is 0 Å². The molecule has 3 rings (SSSR count). The largest absolute Gasteiger partial charge is 0.573 e. The first-order chi connectivity index (χ1) is 13.5. The van der Waals surface area contributed by atoms with Crippen LogP contribution in [0.4, 0.5) is 26.3 Å². The molecule has 2 aromatic carbocycles. The fourth-order valence-corrected chi connectivity index (χ4v) is 2.75. The zero-order valence-corrected chi connectivity index (χ0v) is 14.9. The maximum absolute atomic E-state index is 12.5.